The van der Waals surface area contributed by atoms with Crippen molar-refractivity contribution in [2.75, 3.05) is 18.5 Å². The van der Waals surface area contributed by atoms with Gasteiger partial charge in [-0.25, -0.2) is 0 Å². The molecule has 0 saturated carbocycles. The Morgan fingerprint density at radius 1 is 1.26 bits per heavy atom. The Bertz CT molecular complexity index is 390. The standard InChI is InChI=1S/C15H24N2O2/c1-4-11(2)9-16-14-7-5-13(6-8-14)15(19)17-12(3)10-18/h5-8,11-12,16,18H,4,9-10H2,1-3H3,(H,17,19). The van der Waals surface area contributed by atoms with Gasteiger partial charge < -0.3 is 15.7 Å². The summed E-state index contributed by atoms with van der Waals surface area (Å²) in [6.07, 6.45) is 1.15. The predicted molar refractivity (Wildman–Crippen MR) is 78.4 cm³/mol. The van der Waals surface area contributed by atoms with Crippen molar-refractivity contribution in [1.29, 1.82) is 0 Å². The minimum absolute atomic E-state index is 0.0553. The van der Waals surface area contributed by atoms with Crippen molar-refractivity contribution >= 4 is 11.6 Å². The summed E-state index contributed by atoms with van der Waals surface area (Å²) < 4.78 is 0. The third-order valence-electron chi connectivity index (χ3n) is 3.15. The molecule has 0 saturated heterocycles. The molecule has 0 heterocycles. The maximum absolute atomic E-state index is 11.8. The fourth-order valence-corrected chi connectivity index (χ4v) is 1.53. The second-order valence-corrected chi connectivity index (χ2v) is 5.03. The molecule has 19 heavy (non-hydrogen) atoms. The first-order valence-corrected chi connectivity index (χ1v) is 6.82. The van der Waals surface area contributed by atoms with E-state index < -0.39 is 0 Å². The second-order valence-electron chi connectivity index (χ2n) is 5.03. The van der Waals surface area contributed by atoms with Crippen molar-refractivity contribution < 1.29 is 9.90 Å². The molecule has 3 N–H and O–H groups in total. The Hall–Kier alpha value is -1.55. The van der Waals surface area contributed by atoms with Gasteiger partial charge in [-0.3, -0.25) is 4.79 Å². The van der Waals surface area contributed by atoms with Gasteiger partial charge >= 0.3 is 0 Å². The van der Waals surface area contributed by atoms with Crippen LogP contribution >= 0.6 is 0 Å². The first-order chi connectivity index (χ1) is 9.06. The van der Waals surface area contributed by atoms with Gasteiger partial charge in [0.15, 0.2) is 0 Å². The summed E-state index contributed by atoms with van der Waals surface area (Å²) in [6, 6.07) is 7.16. The first kappa shape index (κ1) is 15.5. The van der Waals surface area contributed by atoms with Crippen LogP contribution in [0.1, 0.15) is 37.6 Å². The average Bonchev–Trinajstić information content (AvgIpc) is 2.44. The Kier molecular flexibility index (Phi) is 6.36. The molecule has 4 nitrogen and oxygen atoms in total. The van der Waals surface area contributed by atoms with Crippen LogP contribution in [0, 0.1) is 5.92 Å². The number of aliphatic hydroxyl groups is 1. The minimum atomic E-state index is -0.226. The molecule has 0 aromatic heterocycles. The topological polar surface area (TPSA) is 61.4 Å². The molecule has 0 bridgehead atoms. The summed E-state index contributed by atoms with van der Waals surface area (Å²) in [4.78, 5) is 11.8. The Balaban J connectivity index is 2.53. The van der Waals surface area contributed by atoms with Gasteiger partial charge in [0.25, 0.3) is 5.91 Å². The lowest BCUT2D eigenvalue weighted by molar-refractivity contribution is 0.0922. The molecule has 0 aliphatic rings. The van der Waals surface area contributed by atoms with Crippen LogP contribution in [0.5, 0.6) is 0 Å². The molecule has 106 valence electrons. The summed E-state index contributed by atoms with van der Waals surface area (Å²) in [5, 5.41) is 15.0. The van der Waals surface area contributed by atoms with E-state index in [9.17, 15) is 4.79 Å². The fraction of sp³-hybridized carbons (Fsp3) is 0.533. The number of rotatable bonds is 7. The molecule has 2 unspecified atom stereocenters. The highest BCUT2D eigenvalue weighted by Gasteiger charge is 2.08. The van der Waals surface area contributed by atoms with Gasteiger partial charge in [0.1, 0.15) is 0 Å². The van der Waals surface area contributed by atoms with Gasteiger partial charge in [-0.05, 0) is 37.1 Å². The van der Waals surface area contributed by atoms with Crippen LogP contribution < -0.4 is 10.6 Å². The number of hydrogen-bond acceptors (Lipinski definition) is 3. The molecule has 1 rings (SSSR count). The van der Waals surface area contributed by atoms with E-state index in [0.29, 0.717) is 11.5 Å². The van der Waals surface area contributed by atoms with Crippen molar-refractivity contribution in [3.8, 4) is 0 Å². The van der Waals surface area contributed by atoms with Gasteiger partial charge in [0, 0.05) is 23.8 Å². The zero-order valence-electron chi connectivity index (χ0n) is 11.9. The van der Waals surface area contributed by atoms with Crippen molar-refractivity contribution in [3.05, 3.63) is 29.8 Å². The van der Waals surface area contributed by atoms with Crippen LogP contribution in [0.4, 0.5) is 5.69 Å². The van der Waals surface area contributed by atoms with E-state index in [-0.39, 0.29) is 18.6 Å². The number of hydrogen-bond donors (Lipinski definition) is 3. The molecule has 4 heteroatoms. The summed E-state index contributed by atoms with van der Waals surface area (Å²) in [7, 11) is 0. The molecule has 0 aliphatic carbocycles. The number of carbonyl (C=O) groups is 1. The van der Waals surface area contributed by atoms with Crippen molar-refractivity contribution in [2.45, 2.75) is 33.2 Å². The highest BCUT2D eigenvalue weighted by Crippen LogP contribution is 2.11. The summed E-state index contributed by atoms with van der Waals surface area (Å²) >= 11 is 0. The van der Waals surface area contributed by atoms with Gasteiger partial charge in [0.05, 0.1) is 6.61 Å². The number of benzene rings is 1. The first-order valence-electron chi connectivity index (χ1n) is 6.82. The van der Waals surface area contributed by atoms with Gasteiger partial charge in [-0.1, -0.05) is 20.3 Å². The predicted octanol–water partition coefficient (Wildman–Crippen LogP) is 2.26. The molecule has 2 atom stereocenters. The van der Waals surface area contributed by atoms with E-state index in [0.717, 1.165) is 18.7 Å². The SMILES string of the molecule is CCC(C)CNc1ccc(C(=O)NC(C)CO)cc1. The van der Waals surface area contributed by atoms with Crippen molar-refractivity contribution in [1.82, 2.24) is 5.32 Å². The largest absolute Gasteiger partial charge is 0.394 e. The Morgan fingerprint density at radius 2 is 1.89 bits per heavy atom. The molecule has 0 fully saturated rings. The zero-order chi connectivity index (χ0) is 14.3. The molecule has 0 radical (unpaired) electrons. The number of carbonyl (C=O) groups excluding carboxylic acids is 1. The number of anilines is 1. The summed E-state index contributed by atoms with van der Waals surface area (Å²) in [5.74, 6) is 0.475. The van der Waals surface area contributed by atoms with E-state index >= 15 is 0 Å². The van der Waals surface area contributed by atoms with Crippen LogP contribution in [0.3, 0.4) is 0 Å². The molecular weight excluding hydrogens is 240 g/mol. The summed E-state index contributed by atoms with van der Waals surface area (Å²) in [5.41, 5.74) is 1.63. The molecule has 1 aromatic rings. The van der Waals surface area contributed by atoms with Gasteiger partial charge in [-0.2, -0.15) is 0 Å². The Labute approximate surface area is 115 Å². The maximum Gasteiger partial charge on any atom is 0.251 e. The lowest BCUT2D eigenvalue weighted by Crippen LogP contribution is -2.34. The highest BCUT2D eigenvalue weighted by molar-refractivity contribution is 5.94. The van der Waals surface area contributed by atoms with Crippen molar-refractivity contribution in [2.24, 2.45) is 5.92 Å². The van der Waals surface area contributed by atoms with Crippen molar-refractivity contribution in [3.63, 3.8) is 0 Å². The third kappa shape index (κ3) is 5.30. The van der Waals surface area contributed by atoms with Crippen LogP contribution in [-0.2, 0) is 0 Å². The maximum atomic E-state index is 11.8. The monoisotopic (exact) mass is 264 g/mol. The molecular formula is C15H24N2O2. The lowest BCUT2D eigenvalue weighted by Gasteiger charge is -2.13. The van der Waals surface area contributed by atoms with Crippen LogP contribution in [0.2, 0.25) is 0 Å². The van der Waals surface area contributed by atoms with Gasteiger partial charge in [-0.15, -0.1) is 0 Å². The number of nitrogens with one attached hydrogen (secondary N) is 2. The van der Waals surface area contributed by atoms with Gasteiger partial charge in [0.2, 0.25) is 0 Å². The van der Waals surface area contributed by atoms with E-state index in [4.69, 9.17) is 5.11 Å². The Morgan fingerprint density at radius 3 is 2.42 bits per heavy atom. The molecule has 1 aromatic carbocycles. The smallest absolute Gasteiger partial charge is 0.251 e. The van der Waals surface area contributed by atoms with Crippen LogP contribution in [0.15, 0.2) is 24.3 Å². The lowest BCUT2D eigenvalue weighted by atomic mass is 10.1. The van der Waals surface area contributed by atoms with Crippen LogP contribution in [-0.4, -0.2) is 30.2 Å². The quantitative estimate of drug-likeness (QED) is 0.708. The third-order valence-corrected chi connectivity index (χ3v) is 3.15. The molecule has 0 spiro atoms. The molecule has 1 amide bonds. The minimum Gasteiger partial charge on any atom is -0.394 e. The highest BCUT2D eigenvalue weighted by atomic mass is 16.3. The number of amides is 1. The average molecular weight is 264 g/mol. The van der Waals surface area contributed by atoms with E-state index in [1.54, 1.807) is 19.1 Å². The second kappa shape index (κ2) is 7.79. The molecule has 0 aliphatic heterocycles. The zero-order valence-corrected chi connectivity index (χ0v) is 11.9. The van der Waals surface area contributed by atoms with Crippen LogP contribution in [0.25, 0.3) is 0 Å². The summed E-state index contributed by atoms with van der Waals surface area (Å²) in [6.45, 7) is 7.01. The van der Waals surface area contributed by atoms with E-state index in [1.807, 2.05) is 12.1 Å². The van der Waals surface area contributed by atoms with E-state index in [1.165, 1.54) is 0 Å². The normalized spacial score (nSPS) is 13.7. The number of aliphatic hydroxyl groups excluding tert-OH is 1. The fourth-order valence-electron chi connectivity index (χ4n) is 1.53. The van der Waals surface area contributed by atoms with E-state index in [2.05, 4.69) is 24.5 Å².